The van der Waals surface area contributed by atoms with Gasteiger partial charge in [-0.15, -0.1) is 0 Å². The number of carbonyl (C=O) groups excluding carboxylic acids is 1. The van der Waals surface area contributed by atoms with Crippen LogP contribution in [-0.2, 0) is 25.8 Å². The average molecular weight is 403 g/mol. The predicted molar refractivity (Wildman–Crippen MR) is 101 cm³/mol. The van der Waals surface area contributed by atoms with Crippen LogP contribution >= 0.6 is 11.3 Å². The van der Waals surface area contributed by atoms with E-state index in [4.69, 9.17) is 9.90 Å². The van der Waals surface area contributed by atoms with Crippen LogP contribution in [0.4, 0.5) is 0 Å². The summed E-state index contributed by atoms with van der Waals surface area (Å²) in [5.41, 5.74) is 1.18. The van der Waals surface area contributed by atoms with Crippen LogP contribution in [0.2, 0.25) is 0 Å². The normalized spacial score (nSPS) is 26.3. The highest BCUT2D eigenvalue weighted by molar-refractivity contribution is 7.92. The molecule has 1 N–H and O–H groups in total. The molecule has 1 aromatic heterocycles. The van der Waals surface area contributed by atoms with Crippen LogP contribution in [0.3, 0.4) is 0 Å². The fourth-order valence-corrected chi connectivity index (χ4v) is 6.79. The summed E-state index contributed by atoms with van der Waals surface area (Å²) in [4.78, 5) is 25.1. The van der Waals surface area contributed by atoms with Gasteiger partial charge in [-0.05, 0) is 42.9 Å². The molecule has 3 atom stereocenters. The Labute approximate surface area is 158 Å². The molecule has 3 rings (SSSR count). The maximum Gasteiger partial charge on any atom is 0.300 e. The van der Waals surface area contributed by atoms with E-state index in [1.807, 2.05) is 30.4 Å². The van der Waals surface area contributed by atoms with E-state index >= 15 is 0 Å². The van der Waals surface area contributed by atoms with Gasteiger partial charge in [-0.3, -0.25) is 9.59 Å². The summed E-state index contributed by atoms with van der Waals surface area (Å²) >= 11 is 1.63. The number of carboxylic acids is 1. The van der Waals surface area contributed by atoms with Gasteiger partial charge in [0.05, 0.1) is 11.0 Å². The number of rotatable bonds is 4. The number of aliphatic carboxylic acids is 1. The van der Waals surface area contributed by atoms with Crippen molar-refractivity contribution in [3.63, 3.8) is 0 Å². The minimum absolute atomic E-state index is 0.0321. The van der Waals surface area contributed by atoms with Crippen LogP contribution < -0.4 is 0 Å². The Morgan fingerprint density at radius 2 is 2.00 bits per heavy atom. The first-order chi connectivity index (χ1) is 12.1. The topological polar surface area (TPSA) is 95.0 Å². The van der Waals surface area contributed by atoms with Gasteiger partial charge in [0.2, 0.25) is 5.91 Å². The van der Waals surface area contributed by atoms with Gasteiger partial charge in [-0.2, -0.15) is 11.3 Å². The Bertz CT molecular complexity index is 726. The molecule has 2 aliphatic rings. The van der Waals surface area contributed by atoms with Crippen molar-refractivity contribution in [3.8, 4) is 0 Å². The third-order valence-electron chi connectivity index (χ3n) is 4.89. The van der Waals surface area contributed by atoms with Crippen molar-refractivity contribution in [1.29, 1.82) is 0 Å². The molecule has 1 aromatic rings. The van der Waals surface area contributed by atoms with Gasteiger partial charge < -0.3 is 14.9 Å². The summed E-state index contributed by atoms with van der Waals surface area (Å²) in [6.45, 7) is 2.04. The second-order valence-corrected chi connectivity index (χ2v) is 10.1. The lowest BCUT2D eigenvalue weighted by atomic mass is 10.00. The van der Waals surface area contributed by atoms with E-state index < -0.39 is 15.8 Å². The molecule has 7 nitrogen and oxygen atoms in total. The lowest BCUT2D eigenvalue weighted by Crippen LogP contribution is -2.38. The van der Waals surface area contributed by atoms with Gasteiger partial charge in [-0.25, -0.2) is 8.42 Å². The van der Waals surface area contributed by atoms with Gasteiger partial charge in [0.1, 0.15) is 0 Å². The molecule has 3 heterocycles. The first-order valence-corrected chi connectivity index (χ1v) is 11.1. The van der Waals surface area contributed by atoms with Crippen LogP contribution in [-0.4, -0.2) is 79.4 Å². The average Bonchev–Trinajstić information content (AvgIpc) is 3.22. The first kappa shape index (κ1) is 20.9. The number of hydrogen-bond donors (Lipinski definition) is 1. The number of hydrogen-bond acceptors (Lipinski definition) is 6. The number of carboxylic acid groups (broad SMARTS) is 1. The maximum atomic E-state index is 12.4. The quantitative estimate of drug-likeness (QED) is 0.806. The number of nitrogens with zero attached hydrogens (tertiary/aromatic N) is 2. The SMILES string of the molecule is CC(=O)O.CN(C)[C@@H]1CS(=O)(=O)[C@H]2CN(C(=O)CCc3ccsc3)C[C@@H]12. The molecule has 0 aromatic carbocycles. The standard InChI is InChI=1S/C15H22N2O3S2.C2H4O2/c1-16(2)13-10-22(19,20)14-8-17(7-12(13)14)15(18)4-3-11-5-6-21-9-11;1-2(3)4/h5-6,9,12-14H,3-4,7-8,10H2,1-2H3;1H3,(H,3,4)/t12-,13+,14-;/m0./s1. The maximum absolute atomic E-state index is 12.4. The Kier molecular flexibility index (Phi) is 6.81. The smallest absolute Gasteiger partial charge is 0.300 e. The monoisotopic (exact) mass is 402 g/mol. The molecule has 0 saturated carbocycles. The van der Waals surface area contributed by atoms with E-state index in [1.54, 1.807) is 16.2 Å². The molecular formula is C17H26N2O5S2. The zero-order valence-electron chi connectivity index (χ0n) is 15.3. The Morgan fingerprint density at radius 3 is 2.54 bits per heavy atom. The third-order valence-corrected chi connectivity index (χ3v) is 7.85. The Hall–Kier alpha value is -1.45. The summed E-state index contributed by atoms with van der Waals surface area (Å²) < 4.78 is 24.6. The van der Waals surface area contributed by atoms with Crippen molar-refractivity contribution in [2.45, 2.75) is 31.1 Å². The second kappa shape index (κ2) is 8.49. The van der Waals surface area contributed by atoms with Crippen LogP contribution in [0.5, 0.6) is 0 Å². The molecule has 146 valence electrons. The van der Waals surface area contributed by atoms with Crippen LogP contribution in [0.15, 0.2) is 16.8 Å². The number of carbonyl (C=O) groups is 2. The number of amides is 1. The van der Waals surface area contributed by atoms with Crippen LogP contribution in [0.1, 0.15) is 18.9 Å². The highest BCUT2D eigenvalue weighted by atomic mass is 32.2. The highest BCUT2D eigenvalue weighted by Gasteiger charge is 2.53. The summed E-state index contributed by atoms with van der Waals surface area (Å²) in [6.07, 6.45) is 1.20. The van der Waals surface area contributed by atoms with E-state index in [-0.39, 0.29) is 28.9 Å². The molecular weight excluding hydrogens is 376 g/mol. The van der Waals surface area contributed by atoms with E-state index in [9.17, 15) is 13.2 Å². The molecule has 0 aliphatic carbocycles. The number of aryl methyl sites for hydroxylation is 1. The largest absolute Gasteiger partial charge is 0.481 e. The molecule has 0 spiro atoms. The molecule has 9 heteroatoms. The van der Waals surface area contributed by atoms with Gasteiger partial charge >= 0.3 is 0 Å². The highest BCUT2D eigenvalue weighted by Crippen LogP contribution is 2.36. The minimum atomic E-state index is -3.08. The number of thiophene rings is 1. The van der Waals surface area contributed by atoms with Gasteiger partial charge in [0.25, 0.3) is 5.97 Å². The zero-order valence-corrected chi connectivity index (χ0v) is 16.9. The molecule has 1 amide bonds. The van der Waals surface area contributed by atoms with Crippen molar-refractivity contribution in [2.75, 3.05) is 32.9 Å². The molecule has 2 fully saturated rings. The predicted octanol–water partition coefficient (Wildman–Crippen LogP) is 0.957. The molecule has 0 unspecified atom stereocenters. The lowest BCUT2D eigenvalue weighted by molar-refractivity contribution is -0.134. The van der Waals surface area contributed by atoms with Crippen LogP contribution in [0, 0.1) is 5.92 Å². The Balaban J connectivity index is 0.000000552. The summed E-state index contributed by atoms with van der Waals surface area (Å²) in [6, 6.07) is 2.06. The van der Waals surface area contributed by atoms with Crippen molar-refractivity contribution < 1.29 is 23.1 Å². The van der Waals surface area contributed by atoms with Gasteiger partial charge in [0, 0.05) is 38.4 Å². The van der Waals surface area contributed by atoms with Crippen molar-refractivity contribution in [2.24, 2.45) is 5.92 Å². The molecule has 26 heavy (non-hydrogen) atoms. The minimum Gasteiger partial charge on any atom is -0.481 e. The molecule has 0 bridgehead atoms. The first-order valence-electron chi connectivity index (χ1n) is 8.48. The lowest BCUT2D eigenvalue weighted by Gasteiger charge is -2.25. The van der Waals surface area contributed by atoms with Crippen molar-refractivity contribution in [1.82, 2.24) is 9.80 Å². The second-order valence-electron chi connectivity index (χ2n) is 7.01. The fourth-order valence-electron chi connectivity index (χ4n) is 3.61. The molecule has 0 radical (unpaired) electrons. The number of likely N-dealkylation sites (tertiary alicyclic amines) is 1. The molecule has 2 saturated heterocycles. The Morgan fingerprint density at radius 1 is 1.35 bits per heavy atom. The van der Waals surface area contributed by atoms with E-state index in [0.29, 0.717) is 19.5 Å². The summed E-state index contributed by atoms with van der Waals surface area (Å²) in [5.74, 6) is -0.467. The van der Waals surface area contributed by atoms with Crippen LogP contribution in [0.25, 0.3) is 0 Å². The van der Waals surface area contributed by atoms with E-state index in [2.05, 4.69) is 5.38 Å². The molecule has 2 aliphatic heterocycles. The summed E-state index contributed by atoms with van der Waals surface area (Å²) in [7, 11) is 0.764. The summed E-state index contributed by atoms with van der Waals surface area (Å²) in [5, 5.41) is 11.1. The van der Waals surface area contributed by atoms with Crippen molar-refractivity contribution >= 4 is 33.1 Å². The fraction of sp³-hybridized carbons (Fsp3) is 0.647. The van der Waals surface area contributed by atoms with Gasteiger partial charge in [0.15, 0.2) is 9.84 Å². The van der Waals surface area contributed by atoms with E-state index in [0.717, 1.165) is 13.3 Å². The van der Waals surface area contributed by atoms with E-state index in [1.165, 1.54) is 5.56 Å². The number of fused-ring (bicyclic) bond motifs is 1. The number of sulfone groups is 1. The van der Waals surface area contributed by atoms with Crippen molar-refractivity contribution in [3.05, 3.63) is 22.4 Å². The third kappa shape index (κ3) is 5.05. The van der Waals surface area contributed by atoms with Gasteiger partial charge in [-0.1, -0.05) is 0 Å². The zero-order chi connectivity index (χ0) is 19.5.